The van der Waals surface area contributed by atoms with Gasteiger partial charge in [-0.3, -0.25) is 14.9 Å². The lowest BCUT2D eigenvalue weighted by atomic mass is 10.1. The summed E-state index contributed by atoms with van der Waals surface area (Å²) < 4.78 is 9.61. The zero-order valence-corrected chi connectivity index (χ0v) is 9.87. The Morgan fingerprint density at radius 3 is 2.56 bits per heavy atom. The number of non-ortho nitro benzene ring substituents is 1. The van der Waals surface area contributed by atoms with Gasteiger partial charge in [0.25, 0.3) is 5.69 Å². The SMILES string of the molecule is CC(N)OCOC(=O)Cc1ccc([N+](=O)[O-])cc1. The summed E-state index contributed by atoms with van der Waals surface area (Å²) in [5.41, 5.74) is 5.91. The standard InChI is InChI=1S/C11H14N2O5/c1-8(12)17-7-18-11(14)6-9-2-4-10(5-3-9)13(15)16/h2-5,8H,6-7,12H2,1H3. The molecule has 2 N–H and O–H groups in total. The van der Waals surface area contributed by atoms with E-state index in [1.165, 1.54) is 24.3 Å². The molecular formula is C11H14N2O5. The molecule has 0 spiro atoms. The van der Waals surface area contributed by atoms with Crippen LogP contribution in [0, 0.1) is 10.1 Å². The van der Waals surface area contributed by atoms with Gasteiger partial charge >= 0.3 is 5.97 Å². The average Bonchev–Trinajstić information content (AvgIpc) is 2.29. The van der Waals surface area contributed by atoms with Crippen molar-refractivity contribution in [2.45, 2.75) is 19.6 Å². The van der Waals surface area contributed by atoms with Crippen molar-refractivity contribution in [3.05, 3.63) is 39.9 Å². The molecule has 98 valence electrons. The van der Waals surface area contributed by atoms with Crippen LogP contribution in [0.1, 0.15) is 12.5 Å². The largest absolute Gasteiger partial charge is 0.438 e. The molecular weight excluding hydrogens is 240 g/mol. The first-order valence-corrected chi connectivity index (χ1v) is 5.25. The molecule has 0 amide bonds. The van der Waals surface area contributed by atoms with E-state index >= 15 is 0 Å². The van der Waals surface area contributed by atoms with Gasteiger partial charge in [-0.25, -0.2) is 0 Å². The number of hydrogen-bond acceptors (Lipinski definition) is 6. The van der Waals surface area contributed by atoms with Crippen LogP contribution in [0.2, 0.25) is 0 Å². The minimum atomic E-state index is -0.503. The first-order valence-electron chi connectivity index (χ1n) is 5.25. The molecule has 1 aromatic rings. The first kappa shape index (κ1) is 14.1. The number of benzene rings is 1. The van der Waals surface area contributed by atoms with E-state index in [4.69, 9.17) is 15.2 Å². The van der Waals surface area contributed by atoms with Gasteiger partial charge in [-0.15, -0.1) is 0 Å². The van der Waals surface area contributed by atoms with E-state index < -0.39 is 17.1 Å². The zero-order valence-electron chi connectivity index (χ0n) is 9.87. The van der Waals surface area contributed by atoms with Crippen LogP contribution in [-0.4, -0.2) is 23.9 Å². The fourth-order valence-corrected chi connectivity index (χ4v) is 1.16. The molecule has 7 nitrogen and oxygen atoms in total. The monoisotopic (exact) mass is 254 g/mol. The van der Waals surface area contributed by atoms with Gasteiger partial charge in [-0.2, -0.15) is 0 Å². The van der Waals surface area contributed by atoms with Gasteiger partial charge in [0.15, 0.2) is 6.79 Å². The first-order chi connectivity index (χ1) is 8.49. The van der Waals surface area contributed by atoms with Crippen LogP contribution < -0.4 is 5.73 Å². The Kier molecular flexibility index (Phi) is 5.22. The molecule has 0 aliphatic carbocycles. The summed E-state index contributed by atoms with van der Waals surface area (Å²) >= 11 is 0. The number of rotatable bonds is 6. The third kappa shape index (κ3) is 4.89. The van der Waals surface area contributed by atoms with E-state index in [2.05, 4.69) is 0 Å². The van der Waals surface area contributed by atoms with Gasteiger partial charge in [0.05, 0.1) is 11.3 Å². The summed E-state index contributed by atoms with van der Waals surface area (Å²) in [5.74, 6) is -0.482. The molecule has 1 unspecified atom stereocenters. The number of carbonyl (C=O) groups is 1. The fraction of sp³-hybridized carbons (Fsp3) is 0.364. The maximum atomic E-state index is 11.3. The molecule has 1 aromatic carbocycles. The number of esters is 1. The van der Waals surface area contributed by atoms with Crippen LogP contribution >= 0.6 is 0 Å². The molecule has 1 atom stereocenters. The molecule has 0 radical (unpaired) electrons. The lowest BCUT2D eigenvalue weighted by Crippen LogP contribution is -2.22. The Morgan fingerprint density at radius 2 is 2.06 bits per heavy atom. The van der Waals surface area contributed by atoms with E-state index in [1.54, 1.807) is 6.92 Å². The van der Waals surface area contributed by atoms with Crippen molar-refractivity contribution in [3.63, 3.8) is 0 Å². The molecule has 7 heteroatoms. The average molecular weight is 254 g/mol. The van der Waals surface area contributed by atoms with Crippen LogP contribution in [0.25, 0.3) is 0 Å². The van der Waals surface area contributed by atoms with E-state index in [9.17, 15) is 14.9 Å². The zero-order chi connectivity index (χ0) is 13.5. The van der Waals surface area contributed by atoms with E-state index in [1.807, 2.05) is 0 Å². The fourth-order valence-electron chi connectivity index (χ4n) is 1.16. The molecule has 0 aliphatic rings. The van der Waals surface area contributed by atoms with E-state index in [0.717, 1.165) is 0 Å². The Hall–Kier alpha value is -1.99. The Bertz CT molecular complexity index is 416. The van der Waals surface area contributed by atoms with Crippen molar-refractivity contribution in [1.29, 1.82) is 0 Å². The van der Waals surface area contributed by atoms with Crippen LogP contribution in [-0.2, 0) is 20.7 Å². The number of nitro groups is 1. The summed E-state index contributed by atoms with van der Waals surface area (Å²) in [4.78, 5) is 21.3. The molecule has 0 fully saturated rings. The molecule has 18 heavy (non-hydrogen) atoms. The van der Waals surface area contributed by atoms with Gasteiger partial charge in [-0.1, -0.05) is 12.1 Å². The maximum Gasteiger partial charge on any atom is 0.312 e. The van der Waals surface area contributed by atoms with Gasteiger partial charge in [0, 0.05) is 12.1 Å². The topological polar surface area (TPSA) is 105 Å². The third-order valence-corrected chi connectivity index (χ3v) is 2.05. The quantitative estimate of drug-likeness (QED) is 0.351. The molecule has 0 aromatic heterocycles. The van der Waals surface area contributed by atoms with Crippen LogP contribution in [0.4, 0.5) is 5.69 Å². The molecule has 0 bridgehead atoms. The Balaban J connectivity index is 2.42. The molecule has 0 aliphatic heterocycles. The Labute approximate surface area is 104 Å². The molecule has 0 saturated heterocycles. The minimum absolute atomic E-state index is 0.0209. The number of ether oxygens (including phenoxy) is 2. The van der Waals surface area contributed by atoms with Crippen molar-refractivity contribution >= 4 is 11.7 Å². The number of hydrogen-bond donors (Lipinski definition) is 1. The van der Waals surface area contributed by atoms with E-state index in [0.29, 0.717) is 5.56 Å². The van der Waals surface area contributed by atoms with Gasteiger partial charge in [0.1, 0.15) is 6.23 Å². The predicted octanol–water partition coefficient (Wildman–Crippen LogP) is 0.959. The molecule has 0 saturated carbocycles. The second-order valence-electron chi connectivity index (χ2n) is 3.61. The van der Waals surface area contributed by atoms with Gasteiger partial charge in [0.2, 0.25) is 0 Å². The van der Waals surface area contributed by atoms with E-state index in [-0.39, 0.29) is 18.9 Å². The van der Waals surface area contributed by atoms with Crippen LogP contribution in [0.3, 0.4) is 0 Å². The van der Waals surface area contributed by atoms with Crippen LogP contribution in [0.5, 0.6) is 0 Å². The van der Waals surface area contributed by atoms with Crippen molar-refractivity contribution < 1.29 is 19.2 Å². The highest BCUT2D eigenvalue weighted by Crippen LogP contribution is 2.12. The highest BCUT2D eigenvalue weighted by atomic mass is 16.7. The maximum absolute atomic E-state index is 11.3. The van der Waals surface area contributed by atoms with Crippen molar-refractivity contribution in [3.8, 4) is 0 Å². The highest BCUT2D eigenvalue weighted by Gasteiger charge is 2.08. The number of nitro benzene ring substituents is 1. The van der Waals surface area contributed by atoms with Crippen molar-refractivity contribution in [2.24, 2.45) is 5.73 Å². The summed E-state index contributed by atoms with van der Waals surface area (Å²) in [6.07, 6.45) is -0.475. The normalized spacial score (nSPS) is 11.9. The highest BCUT2D eigenvalue weighted by molar-refractivity contribution is 5.72. The summed E-state index contributed by atoms with van der Waals surface area (Å²) in [5, 5.41) is 10.4. The van der Waals surface area contributed by atoms with Crippen LogP contribution in [0.15, 0.2) is 24.3 Å². The van der Waals surface area contributed by atoms with Gasteiger partial charge in [-0.05, 0) is 12.5 Å². The number of carbonyl (C=O) groups excluding carboxylic acids is 1. The van der Waals surface area contributed by atoms with Crippen molar-refractivity contribution in [1.82, 2.24) is 0 Å². The lowest BCUT2D eigenvalue weighted by molar-refractivity contribution is -0.384. The number of nitrogens with zero attached hydrogens (tertiary/aromatic N) is 1. The predicted molar refractivity (Wildman–Crippen MR) is 62.5 cm³/mol. The molecule has 1 rings (SSSR count). The second-order valence-corrected chi connectivity index (χ2v) is 3.61. The summed E-state index contributed by atoms with van der Waals surface area (Å²) in [6, 6.07) is 5.68. The molecule has 0 heterocycles. The third-order valence-electron chi connectivity index (χ3n) is 2.05. The Morgan fingerprint density at radius 1 is 1.44 bits per heavy atom. The smallest absolute Gasteiger partial charge is 0.312 e. The minimum Gasteiger partial charge on any atom is -0.438 e. The summed E-state index contributed by atoms with van der Waals surface area (Å²) in [6.45, 7) is 1.41. The second kappa shape index (κ2) is 6.67. The number of nitrogens with two attached hydrogens (primary N) is 1. The van der Waals surface area contributed by atoms with Gasteiger partial charge < -0.3 is 15.2 Å². The van der Waals surface area contributed by atoms with Crippen molar-refractivity contribution in [2.75, 3.05) is 6.79 Å². The lowest BCUT2D eigenvalue weighted by Gasteiger charge is -2.08. The summed E-state index contributed by atoms with van der Waals surface area (Å²) in [7, 11) is 0.